The largest absolute Gasteiger partial charge is 0.497 e. The average molecular weight is 367 g/mol. The highest BCUT2D eigenvalue weighted by atomic mass is 16.5. The van der Waals surface area contributed by atoms with Gasteiger partial charge in [0.15, 0.2) is 0 Å². The van der Waals surface area contributed by atoms with Crippen LogP contribution in [0.3, 0.4) is 0 Å². The van der Waals surface area contributed by atoms with Crippen LogP contribution < -0.4 is 14.4 Å². The Bertz CT molecular complexity index is 737. The van der Waals surface area contributed by atoms with Crippen LogP contribution in [0, 0.1) is 0 Å². The normalized spacial score (nSPS) is 17.0. The molecule has 4 nitrogen and oxygen atoms in total. The first kappa shape index (κ1) is 18.2. The van der Waals surface area contributed by atoms with Gasteiger partial charge in [-0.3, -0.25) is 4.90 Å². The quantitative estimate of drug-likeness (QED) is 0.697. The van der Waals surface area contributed by atoms with Gasteiger partial charge in [0.2, 0.25) is 0 Å². The number of rotatable bonds is 7. The van der Waals surface area contributed by atoms with Crippen molar-refractivity contribution in [3.05, 3.63) is 53.6 Å². The summed E-state index contributed by atoms with van der Waals surface area (Å²) in [5, 5.41) is 0. The SMILES string of the molecule is COc1ccc(N2CCN(CCCOc3ccc4c(c3)CCC4)CC2)cc1. The molecule has 27 heavy (non-hydrogen) atoms. The highest BCUT2D eigenvalue weighted by Gasteiger charge is 2.17. The van der Waals surface area contributed by atoms with Crippen molar-refractivity contribution in [1.82, 2.24) is 4.90 Å². The fourth-order valence-electron chi connectivity index (χ4n) is 4.14. The molecule has 0 aromatic heterocycles. The van der Waals surface area contributed by atoms with Crippen molar-refractivity contribution in [3.63, 3.8) is 0 Å². The van der Waals surface area contributed by atoms with Gasteiger partial charge in [-0.1, -0.05) is 6.07 Å². The van der Waals surface area contributed by atoms with Gasteiger partial charge in [0.25, 0.3) is 0 Å². The van der Waals surface area contributed by atoms with Gasteiger partial charge in [-0.25, -0.2) is 0 Å². The average Bonchev–Trinajstić information content (AvgIpc) is 3.20. The number of piperazine rings is 1. The molecule has 0 atom stereocenters. The van der Waals surface area contributed by atoms with Gasteiger partial charge in [0.05, 0.1) is 13.7 Å². The second-order valence-corrected chi connectivity index (χ2v) is 7.51. The Hall–Kier alpha value is -2.20. The number of aryl methyl sites for hydroxylation is 2. The Morgan fingerprint density at radius 3 is 2.37 bits per heavy atom. The van der Waals surface area contributed by atoms with E-state index in [1.807, 2.05) is 12.1 Å². The molecule has 0 N–H and O–H groups in total. The molecule has 1 fully saturated rings. The predicted molar refractivity (Wildman–Crippen MR) is 110 cm³/mol. The smallest absolute Gasteiger partial charge is 0.119 e. The lowest BCUT2D eigenvalue weighted by Gasteiger charge is -2.36. The molecule has 0 amide bonds. The summed E-state index contributed by atoms with van der Waals surface area (Å²) in [6.45, 7) is 6.31. The van der Waals surface area contributed by atoms with E-state index >= 15 is 0 Å². The number of hydrogen-bond donors (Lipinski definition) is 0. The van der Waals surface area contributed by atoms with Crippen molar-refractivity contribution in [1.29, 1.82) is 0 Å². The van der Waals surface area contributed by atoms with E-state index in [4.69, 9.17) is 9.47 Å². The number of methoxy groups -OCH3 is 1. The molecule has 2 aromatic rings. The van der Waals surface area contributed by atoms with Gasteiger partial charge >= 0.3 is 0 Å². The molecular weight excluding hydrogens is 336 g/mol. The fraction of sp³-hybridized carbons (Fsp3) is 0.478. The Morgan fingerprint density at radius 2 is 1.59 bits per heavy atom. The minimum Gasteiger partial charge on any atom is -0.497 e. The molecule has 4 heteroatoms. The second kappa shape index (κ2) is 8.66. The topological polar surface area (TPSA) is 24.9 Å². The maximum absolute atomic E-state index is 5.99. The highest BCUT2D eigenvalue weighted by Crippen LogP contribution is 2.26. The van der Waals surface area contributed by atoms with Crippen LogP contribution in [-0.2, 0) is 12.8 Å². The standard InChI is InChI=1S/C23H30N2O2/c1-26-22-10-7-21(8-11-22)25-15-13-24(14-16-25)12-3-17-27-23-9-6-19-4-2-5-20(19)18-23/h6-11,18H,2-5,12-17H2,1H3. The van der Waals surface area contributed by atoms with E-state index in [0.29, 0.717) is 0 Å². The third-order valence-corrected chi connectivity index (χ3v) is 5.77. The summed E-state index contributed by atoms with van der Waals surface area (Å²) in [6.07, 6.45) is 4.82. The summed E-state index contributed by atoms with van der Waals surface area (Å²) in [5.74, 6) is 1.96. The number of hydrogen-bond acceptors (Lipinski definition) is 4. The van der Waals surface area contributed by atoms with Gasteiger partial charge in [0, 0.05) is 38.4 Å². The fourth-order valence-corrected chi connectivity index (χ4v) is 4.14. The molecule has 1 aliphatic carbocycles. The maximum Gasteiger partial charge on any atom is 0.119 e. The lowest BCUT2D eigenvalue weighted by molar-refractivity contribution is 0.224. The molecular formula is C23H30N2O2. The van der Waals surface area contributed by atoms with Crippen LogP contribution in [0.15, 0.2) is 42.5 Å². The molecule has 1 saturated heterocycles. The van der Waals surface area contributed by atoms with Gasteiger partial charge in [0.1, 0.15) is 11.5 Å². The van der Waals surface area contributed by atoms with Crippen LogP contribution in [0.4, 0.5) is 5.69 Å². The number of fused-ring (bicyclic) bond motifs is 1. The first-order valence-corrected chi connectivity index (χ1v) is 10.2. The lowest BCUT2D eigenvalue weighted by atomic mass is 10.1. The molecule has 0 saturated carbocycles. The van der Waals surface area contributed by atoms with Crippen LogP contribution in [-0.4, -0.2) is 51.3 Å². The Kier molecular flexibility index (Phi) is 5.83. The highest BCUT2D eigenvalue weighted by molar-refractivity contribution is 5.49. The zero-order chi connectivity index (χ0) is 18.5. The minimum atomic E-state index is 0.803. The van der Waals surface area contributed by atoms with Crippen molar-refractivity contribution in [2.24, 2.45) is 0 Å². The summed E-state index contributed by atoms with van der Waals surface area (Å²) in [7, 11) is 1.71. The number of ether oxygens (including phenoxy) is 2. The molecule has 0 bridgehead atoms. The van der Waals surface area contributed by atoms with E-state index < -0.39 is 0 Å². The van der Waals surface area contributed by atoms with Gasteiger partial charge < -0.3 is 14.4 Å². The first-order valence-electron chi connectivity index (χ1n) is 10.2. The number of nitrogens with zero attached hydrogens (tertiary/aromatic N) is 2. The van der Waals surface area contributed by atoms with Gasteiger partial charge in [-0.2, -0.15) is 0 Å². The third-order valence-electron chi connectivity index (χ3n) is 5.77. The maximum atomic E-state index is 5.99. The summed E-state index contributed by atoms with van der Waals surface area (Å²) >= 11 is 0. The molecule has 4 rings (SSSR count). The van der Waals surface area contributed by atoms with E-state index in [2.05, 4.69) is 40.1 Å². The van der Waals surface area contributed by atoms with Crippen molar-refractivity contribution >= 4 is 5.69 Å². The summed E-state index contributed by atoms with van der Waals surface area (Å²) in [5.41, 5.74) is 4.29. The van der Waals surface area contributed by atoms with Gasteiger partial charge in [-0.05, 0) is 73.2 Å². The van der Waals surface area contributed by atoms with Crippen LogP contribution >= 0.6 is 0 Å². The van der Waals surface area contributed by atoms with Crippen LogP contribution in [0.2, 0.25) is 0 Å². The molecule has 0 unspecified atom stereocenters. The Labute approximate surface area is 162 Å². The zero-order valence-corrected chi connectivity index (χ0v) is 16.3. The van der Waals surface area contributed by atoms with E-state index in [0.717, 1.165) is 57.3 Å². The van der Waals surface area contributed by atoms with Crippen molar-refractivity contribution < 1.29 is 9.47 Å². The monoisotopic (exact) mass is 366 g/mol. The lowest BCUT2D eigenvalue weighted by Crippen LogP contribution is -2.46. The summed E-state index contributed by atoms with van der Waals surface area (Å²) in [4.78, 5) is 5.00. The number of anilines is 1. The van der Waals surface area contributed by atoms with Crippen molar-refractivity contribution in [3.8, 4) is 11.5 Å². The van der Waals surface area contributed by atoms with Crippen molar-refractivity contribution in [2.45, 2.75) is 25.7 Å². The Morgan fingerprint density at radius 1 is 0.852 bits per heavy atom. The van der Waals surface area contributed by atoms with Crippen LogP contribution in [0.5, 0.6) is 11.5 Å². The molecule has 0 spiro atoms. The van der Waals surface area contributed by atoms with E-state index in [1.54, 1.807) is 7.11 Å². The molecule has 0 radical (unpaired) electrons. The third kappa shape index (κ3) is 4.56. The summed E-state index contributed by atoms with van der Waals surface area (Å²) in [6, 6.07) is 15.0. The van der Waals surface area contributed by atoms with Gasteiger partial charge in [-0.15, -0.1) is 0 Å². The molecule has 2 aliphatic rings. The second-order valence-electron chi connectivity index (χ2n) is 7.51. The van der Waals surface area contributed by atoms with E-state index in [9.17, 15) is 0 Å². The Balaban J connectivity index is 1.16. The van der Waals surface area contributed by atoms with Crippen LogP contribution in [0.25, 0.3) is 0 Å². The zero-order valence-electron chi connectivity index (χ0n) is 16.3. The van der Waals surface area contributed by atoms with E-state index in [-0.39, 0.29) is 0 Å². The predicted octanol–water partition coefficient (Wildman–Crippen LogP) is 3.78. The molecule has 2 aromatic carbocycles. The van der Waals surface area contributed by atoms with E-state index in [1.165, 1.54) is 36.1 Å². The van der Waals surface area contributed by atoms with Crippen molar-refractivity contribution in [2.75, 3.05) is 51.3 Å². The first-order chi connectivity index (χ1) is 13.3. The minimum absolute atomic E-state index is 0.803. The number of benzene rings is 2. The summed E-state index contributed by atoms with van der Waals surface area (Å²) < 4.78 is 11.2. The molecule has 144 valence electrons. The van der Waals surface area contributed by atoms with Crippen LogP contribution in [0.1, 0.15) is 24.0 Å². The molecule has 1 heterocycles. The molecule has 1 aliphatic heterocycles.